The summed E-state index contributed by atoms with van der Waals surface area (Å²) < 4.78 is 2.20. The Morgan fingerprint density at radius 3 is 2.80 bits per heavy atom. The van der Waals surface area contributed by atoms with Crippen LogP contribution < -0.4 is 5.32 Å². The van der Waals surface area contributed by atoms with E-state index in [9.17, 15) is 0 Å². The van der Waals surface area contributed by atoms with Crippen LogP contribution in [0.1, 0.15) is 34.8 Å². The van der Waals surface area contributed by atoms with Gasteiger partial charge in [-0.2, -0.15) is 0 Å². The van der Waals surface area contributed by atoms with Crippen LogP contribution in [-0.2, 0) is 6.54 Å². The Bertz CT molecular complexity index is 714. The summed E-state index contributed by atoms with van der Waals surface area (Å²) in [5.41, 5.74) is 3.59. The lowest BCUT2D eigenvalue weighted by Gasteiger charge is -2.14. The van der Waals surface area contributed by atoms with Gasteiger partial charge in [0.1, 0.15) is 0 Å². The molecular formula is C15H18N4S. The fourth-order valence-electron chi connectivity index (χ4n) is 2.34. The number of hydrogen-bond acceptors (Lipinski definition) is 4. The van der Waals surface area contributed by atoms with Crippen molar-refractivity contribution in [3.05, 3.63) is 52.6 Å². The molecule has 0 spiro atoms. The molecule has 0 amide bonds. The van der Waals surface area contributed by atoms with Gasteiger partial charge in [0.05, 0.1) is 11.4 Å². The van der Waals surface area contributed by atoms with E-state index in [4.69, 9.17) is 0 Å². The van der Waals surface area contributed by atoms with Crippen molar-refractivity contribution in [1.82, 2.24) is 19.7 Å². The maximum absolute atomic E-state index is 4.62. The first kappa shape index (κ1) is 13.3. The van der Waals surface area contributed by atoms with Crippen molar-refractivity contribution < 1.29 is 0 Å². The Balaban J connectivity index is 1.78. The standard InChI is InChI=1S/C15H18N4S/c1-10-9-19-14(12(3)18-15(19)20-10)8-17-11(2)13-4-6-16-7-5-13/h4-7,9,11,17H,8H2,1-3H3/t11-/m1/s1. The molecule has 0 radical (unpaired) electrons. The molecule has 5 heteroatoms. The lowest BCUT2D eigenvalue weighted by atomic mass is 10.1. The molecule has 0 aliphatic carbocycles. The van der Waals surface area contributed by atoms with Gasteiger partial charge in [-0.3, -0.25) is 9.38 Å². The number of pyridine rings is 1. The van der Waals surface area contributed by atoms with Crippen molar-refractivity contribution >= 4 is 16.3 Å². The van der Waals surface area contributed by atoms with Crippen molar-refractivity contribution in [2.75, 3.05) is 0 Å². The quantitative estimate of drug-likeness (QED) is 0.800. The second-order valence-electron chi connectivity index (χ2n) is 5.02. The summed E-state index contributed by atoms with van der Waals surface area (Å²) in [4.78, 5) is 11.0. The zero-order valence-electron chi connectivity index (χ0n) is 11.9. The number of aromatic nitrogens is 3. The Hall–Kier alpha value is -1.72. The molecule has 0 bridgehead atoms. The molecule has 3 aromatic heterocycles. The van der Waals surface area contributed by atoms with E-state index >= 15 is 0 Å². The Kier molecular flexibility index (Phi) is 3.54. The normalized spacial score (nSPS) is 12.9. The number of nitrogens with zero attached hydrogens (tertiary/aromatic N) is 3. The van der Waals surface area contributed by atoms with E-state index in [0.29, 0.717) is 6.04 Å². The van der Waals surface area contributed by atoms with Crippen LogP contribution in [-0.4, -0.2) is 14.4 Å². The van der Waals surface area contributed by atoms with Gasteiger partial charge in [0.25, 0.3) is 0 Å². The minimum absolute atomic E-state index is 0.294. The second-order valence-corrected chi connectivity index (χ2v) is 6.23. The summed E-state index contributed by atoms with van der Waals surface area (Å²) in [5.74, 6) is 0. The van der Waals surface area contributed by atoms with Crippen LogP contribution in [0.4, 0.5) is 0 Å². The molecule has 3 rings (SSSR count). The van der Waals surface area contributed by atoms with Gasteiger partial charge in [0, 0.05) is 36.1 Å². The van der Waals surface area contributed by atoms with Gasteiger partial charge in [-0.25, -0.2) is 4.98 Å². The van der Waals surface area contributed by atoms with E-state index in [-0.39, 0.29) is 0 Å². The summed E-state index contributed by atoms with van der Waals surface area (Å²) in [6.45, 7) is 7.17. The van der Waals surface area contributed by atoms with Crippen LogP contribution in [0.5, 0.6) is 0 Å². The fraction of sp³-hybridized carbons (Fsp3) is 0.333. The number of aryl methyl sites for hydroxylation is 2. The van der Waals surface area contributed by atoms with Gasteiger partial charge in [-0.1, -0.05) is 0 Å². The van der Waals surface area contributed by atoms with Crippen LogP contribution >= 0.6 is 11.3 Å². The molecule has 20 heavy (non-hydrogen) atoms. The number of fused-ring (bicyclic) bond motifs is 1. The summed E-state index contributed by atoms with van der Waals surface area (Å²) in [6, 6.07) is 4.39. The summed E-state index contributed by atoms with van der Waals surface area (Å²) in [7, 11) is 0. The smallest absolute Gasteiger partial charge is 0.194 e. The van der Waals surface area contributed by atoms with Crippen molar-refractivity contribution in [3.8, 4) is 0 Å². The predicted octanol–water partition coefficient (Wildman–Crippen LogP) is 3.26. The van der Waals surface area contributed by atoms with E-state index < -0.39 is 0 Å². The summed E-state index contributed by atoms with van der Waals surface area (Å²) in [5, 5.41) is 3.56. The third-order valence-corrected chi connectivity index (χ3v) is 4.42. The van der Waals surface area contributed by atoms with Crippen LogP contribution in [0.3, 0.4) is 0 Å². The summed E-state index contributed by atoms with van der Waals surface area (Å²) >= 11 is 1.73. The SMILES string of the molecule is Cc1cn2c(CN[C@H](C)c3ccncc3)c(C)nc2s1. The summed E-state index contributed by atoms with van der Waals surface area (Å²) in [6.07, 6.45) is 5.82. The highest BCUT2D eigenvalue weighted by Crippen LogP contribution is 2.21. The first-order valence-corrected chi connectivity index (χ1v) is 7.54. The number of hydrogen-bond donors (Lipinski definition) is 1. The number of nitrogens with one attached hydrogen (secondary N) is 1. The highest BCUT2D eigenvalue weighted by atomic mass is 32.1. The molecule has 0 aliphatic heterocycles. The number of rotatable bonds is 4. The molecule has 104 valence electrons. The van der Waals surface area contributed by atoms with Crippen LogP contribution in [0.15, 0.2) is 30.7 Å². The molecular weight excluding hydrogens is 268 g/mol. The van der Waals surface area contributed by atoms with Gasteiger partial charge in [0.15, 0.2) is 4.96 Å². The van der Waals surface area contributed by atoms with E-state index in [1.165, 1.54) is 16.1 Å². The molecule has 1 atom stereocenters. The number of thiazole rings is 1. The van der Waals surface area contributed by atoms with Crippen molar-refractivity contribution in [1.29, 1.82) is 0 Å². The third-order valence-electron chi connectivity index (χ3n) is 3.52. The van der Waals surface area contributed by atoms with E-state index in [0.717, 1.165) is 17.2 Å². The minimum atomic E-state index is 0.294. The molecule has 3 aromatic rings. The Morgan fingerprint density at radius 2 is 2.05 bits per heavy atom. The molecule has 0 saturated carbocycles. The van der Waals surface area contributed by atoms with Crippen LogP contribution in [0.2, 0.25) is 0 Å². The van der Waals surface area contributed by atoms with E-state index in [1.807, 2.05) is 24.5 Å². The average Bonchev–Trinajstić information content (AvgIpc) is 2.92. The maximum Gasteiger partial charge on any atom is 0.194 e. The van der Waals surface area contributed by atoms with Gasteiger partial charge < -0.3 is 5.32 Å². The van der Waals surface area contributed by atoms with E-state index in [2.05, 4.69) is 46.7 Å². The zero-order chi connectivity index (χ0) is 14.1. The Morgan fingerprint density at radius 1 is 1.30 bits per heavy atom. The van der Waals surface area contributed by atoms with Crippen molar-refractivity contribution in [2.45, 2.75) is 33.4 Å². The fourth-order valence-corrected chi connectivity index (χ4v) is 3.23. The van der Waals surface area contributed by atoms with Crippen molar-refractivity contribution in [3.63, 3.8) is 0 Å². The predicted molar refractivity (Wildman–Crippen MR) is 82.0 cm³/mol. The van der Waals surface area contributed by atoms with Crippen LogP contribution in [0, 0.1) is 13.8 Å². The van der Waals surface area contributed by atoms with Crippen molar-refractivity contribution in [2.24, 2.45) is 0 Å². The van der Waals surface area contributed by atoms with Gasteiger partial charge in [-0.15, -0.1) is 11.3 Å². The maximum atomic E-state index is 4.62. The molecule has 0 aliphatic rings. The lowest BCUT2D eigenvalue weighted by molar-refractivity contribution is 0.564. The molecule has 4 nitrogen and oxygen atoms in total. The monoisotopic (exact) mass is 286 g/mol. The zero-order valence-corrected chi connectivity index (χ0v) is 12.7. The first-order chi connectivity index (χ1) is 9.65. The topological polar surface area (TPSA) is 42.2 Å². The van der Waals surface area contributed by atoms with Gasteiger partial charge in [0.2, 0.25) is 0 Å². The third kappa shape index (κ3) is 2.46. The first-order valence-electron chi connectivity index (χ1n) is 6.72. The molecule has 0 fully saturated rings. The minimum Gasteiger partial charge on any atom is -0.305 e. The van der Waals surface area contributed by atoms with Gasteiger partial charge in [-0.05, 0) is 38.5 Å². The molecule has 1 N–H and O–H groups in total. The second kappa shape index (κ2) is 5.34. The number of imidazole rings is 1. The largest absolute Gasteiger partial charge is 0.305 e. The highest BCUT2D eigenvalue weighted by Gasteiger charge is 2.12. The lowest BCUT2D eigenvalue weighted by Crippen LogP contribution is -2.19. The molecule has 0 aromatic carbocycles. The average molecular weight is 286 g/mol. The van der Waals surface area contributed by atoms with Crippen LogP contribution in [0.25, 0.3) is 4.96 Å². The van der Waals surface area contributed by atoms with Gasteiger partial charge >= 0.3 is 0 Å². The van der Waals surface area contributed by atoms with E-state index in [1.54, 1.807) is 11.3 Å². The molecule has 3 heterocycles. The highest BCUT2D eigenvalue weighted by molar-refractivity contribution is 7.17. The molecule has 0 saturated heterocycles. The molecule has 0 unspecified atom stereocenters. The Labute approximate surface area is 122 Å².